The molecular weight excluding hydrogens is 358 g/mol. The Labute approximate surface area is 162 Å². The summed E-state index contributed by atoms with van der Waals surface area (Å²) < 4.78 is 0. The summed E-state index contributed by atoms with van der Waals surface area (Å²) in [6, 6.07) is 19.5. The molecule has 0 atom stereocenters. The van der Waals surface area contributed by atoms with E-state index in [2.05, 4.69) is 4.98 Å². The molecule has 2 amide bonds. The van der Waals surface area contributed by atoms with Gasteiger partial charge < -0.3 is 10.6 Å². The summed E-state index contributed by atoms with van der Waals surface area (Å²) in [6.45, 7) is 2.54. The summed E-state index contributed by atoms with van der Waals surface area (Å²) >= 11 is 1.38. The highest BCUT2D eigenvalue weighted by atomic mass is 32.1. The fraction of sp³-hybridized carbons (Fsp3) is 0.190. The zero-order valence-electron chi connectivity index (χ0n) is 15.1. The minimum Gasteiger partial charge on any atom is -0.370 e. The Balaban J connectivity index is 1.86. The van der Waals surface area contributed by atoms with Crippen molar-refractivity contribution >= 4 is 23.2 Å². The van der Waals surface area contributed by atoms with Gasteiger partial charge in [-0.1, -0.05) is 60.7 Å². The molecule has 0 radical (unpaired) electrons. The van der Waals surface area contributed by atoms with Gasteiger partial charge in [0.15, 0.2) is 0 Å². The maximum atomic E-state index is 13.2. The van der Waals surface area contributed by atoms with E-state index in [1.165, 1.54) is 11.3 Å². The van der Waals surface area contributed by atoms with Gasteiger partial charge in [-0.3, -0.25) is 9.59 Å². The highest BCUT2D eigenvalue weighted by molar-refractivity contribution is 7.17. The summed E-state index contributed by atoms with van der Waals surface area (Å²) in [5.41, 5.74) is 7.98. The topological polar surface area (TPSA) is 76.3 Å². The van der Waals surface area contributed by atoms with Gasteiger partial charge in [0.1, 0.15) is 9.88 Å². The van der Waals surface area contributed by atoms with Crippen LogP contribution in [0.15, 0.2) is 60.7 Å². The molecule has 1 aromatic heterocycles. The number of carbonyl (C=O) groups excluding carboxylic acids is 2. The van der Waals surface area contributed by atoms with Crippen LogP contribution < -0.4 is 5.73 Å². The first-order chi connectivity index (χ1) is 13.0. The molecule has 6 heteroatoms. The minimum atomic E-state index is -0.424. The van der Waals surface area contributed by atoms with Gasteiger partial charge in [0, 0.05) is 25.1 Å². The van der Waals surface area contributed by atoms with Gasteiger partial charge in [-0.25, -0.2) is 4.98 Å². The molecule has 0 bridgehead atoms. The first-order valence-electron chi connectivity index (χ1n) is 8.69. The van der Waals surface area contributed by atoms with Gasteiger partial charge in [-0.15, -0.1) is 11.3 Å². The first kappa shape index (κ1) is 18.8. The smallest absolute Gasteiger partial charge is 0.266 e. The number of benzene rings is 2. The van der Waals surface area contributed by atoms with Crippen molar-refractivity contribution in [1.29, 1.82) is 0 Å². The molecule has 1 heterocycles. The van der Waals surface area contributed by atoms with Crippen LogP contribution in [0.25, 0.3) is 10.6 Å². The minimum absolute atomic E-state index is 0.127. The molecule has 0 saturated heterocycles. The van der Waals surface area contributed by atoms with Gasteiger partial charge in [0.25, 0.3) is 5.91 Å². The second-order valence-electron chi connectivity index (χ2n) is 6.23. The lowest BCUT2D eigenvalue weighted by molar-refractivity contribution is -0.118. The molecule has 138 valence electrons. The van der Waals surface area contributed by atoms with Crippen molar-refractivity contribution in [2.24, 2.45) is 5.73 Å². The van der Waals surface area contributed by atoms with Crippen molar-refractivity contribution in [3.05, 3.63) is 76.8 Å². The van der Waals surface area contributed by atoms with Crippen LogP contribution in [-0.2, 0) is 11.3 Å². The van der Waals surface area contributed by atoms with Gasteiger partial charge in [-0.05, 0) is 12.5 Å². The van der Waals surface area contributed by atoms with Crippen LogP contribution in [0, 0.1) is 6.92 Å². The number of amides is 2. The molecule has 0 unspecified atom stereocenters. The van der Waals surface area contributed by atoms with E-state index in [-0.39, 0.29) is 18.9 Å². The molecule has 2 aromatic carbocycles. The third kappa shape index (κ3) is 4.80. The van der Waals surface area contributed by atoms with E-state index >= 15 is 0 Å². The Hall–Kier alpha value is -2.99. The molecule has 27 heavy (non-hydrogen) atoms. The van der Waals surface area contributed by atoms with Crippen molar-refractivity contribution in [2.75, 3.05) is 6.54 Å². The standard InChI is InChI=1S/C21H21N3O2S/c1-15-19(27-20(23-15)17-10-6-3-7-11-17)21(26)24(13-12-18(22)25)14-16-8-4-2-5-9-16/h2-11H,12-14H2,1H3,(H2,22,25). The van der Waals surface area contributed by atoms with Gasteiger partial charge in [-0.2, -0.15) is 0 Å². The van der Waals surface area contributed by atoms with Crippen LogP contribution in [0.5, 0.6) is 0 Å². The van der Waals surface area contributed by atoms with Crippen LogP contribution >= 0.6 is 11.3 Å². The summed E-state index contributed by atoms with van der Waals surface area (Å²) in [7, 11) is 0. The fourth-order valence-corrected chi connectivity index (χ4v) is 3.78. The molecule has 0 spiro atoms. The number of hydrogen-bond donors (Lipinski definition) is 1. The van der Waals surface area contributed by atoms with Crippen molar-refractivity contribution in [3.63, 3.8) is 0 Å². The normalized spacial score (nSPS) is 10.6. The second-order valence-corrected chi connectivity index (χ2v) is 7.23. The van der Waals surface area contributed by atoms with Crippen molar-refractivity contribution < 1.29 is 9.59 Å². The first-order valence-corrected chi connectivity index (χ1v) is 9.50. The third-order valence-electron chi connectivity index (χ3n) is 4.14. The molecule has 2 N–H and O–H groups in total. The highest BCUT2D eigenvalue weighted by Crippen LogP contribution is 2.29. The molecule has 3 rings (SSSR count). The number of nitrogens with zero attached hydrogens (tertiary/aromatic N) is 2. The molecular formula is C21H21N3O2S. The van der Waals surface area contributed by atoms with Crippen LogP contribution in [-0.4, -0.2) is 28.2 Å². The van der Waals surface area contributed by atoms with E-state index in [0.717, 1.165) is 16.1 Å². The lowest BCUT2D eigenvalue weighted by Crippen LogP contribution is -2.33. The largest absolute Gasteiger partial charge is 0.370 e. The van der Waals surface area contributed by atoms with E-state index in [1.54, 1.807) is 4.90 Å². The Morgan fingerprint density at radius 2 is 1.67 bits per heavy atom. The number of carbonyl (C=O) groups is 2. The molecule has 0 aliphatic carbocycles. The van der Waals surface area contributed by atoms with E-state index in [9.17, 15) is 9.59 Å². The van der Waals surface area contributed by atoms with Gasteiger partial charge >= 0.3 is 0 Å². The predicted molar refractivity (Wildman–Crippen MR) is 107 cm³/mol. The quantitative estimate of drug-likeness (QED) is 0.681. The molecule has 0 fully saturated rings. The lowest BCUT2D eigenvalue weighted by atomic mass is 10.2. The molecule has 0 aliphatic heterocycles. The number of nitrogens with two attached hydrogens (primary N) is 1. The Morgan fingerprint density at radius 1 is 1.04 bits per heavy atom. The fourth-order valence-electron chi connectivity index (χ4n) is 2.74. The maximum Gasteiger partial charge on any atom is 0.266 e. The summed E-state index contributed by atoms with van der Waals surface area (Å²) in [4.78, 5) is 31.2. The molecule has 5 nitrogen and oxygen atoms in total. The third-order valence-corrected chi connectivity index (χ3v) is 5.34. The van der Waals surface area contributed by atoms with E-state index < -0.39 is 5.91 Å². The number of aryl methyl sites for hydroxylation is 1. The molecule has 0 aliphatic rings. The zero-order chi connectivity index (χ0) is 19.2. The van der Waals surface area contributed by atoms with Crippen LogP contribution in [0.1, 0.15) is 27.3 Å². The van der Waals surface area contributed by atoms with E-state index in [0.29, 0.717) is 17.1 Å². The van der Waals surface area contributed by atoms with Crippen LogP contribution in [0.2, 0.25) is 0 Å². The zero-order valence-corrected chi connectivity index (χ0v) is 15.9. The Kier molecular flexibility index (Phi) is 5.98. The van der Waals surface area contributed by atoms with Crippen LogP contribution in [0.3, 0.4) is 0 Å². The highest BCUT2D eigenvalue weighted by Gasteiger charge is 2.22. The number of thiazole rings is 1. The number of rotatable bonds is 7. The number of primary amides is 1. The number of aromatic nitrogens is 1. The van der Waals surface area contributed by atoms with Crippen molar-refractivity contribution in [3.8, 4) is 10.6 Å². The van der Waals surface area contributed by atoms with E-state index in [1.807, 2.05) is 67.6 Å². The maximum absolute atomic E-state index is 13.2. The summed E-state index contributed by atoms with van der Waals surface area (Å²) in [6.07, 6.45) is 0.127. The average molecular weight is 379 g/mol. The Morgan fingerprint density at radius 3 is 2.30 bits per heavy atom. The predicted octanol–water partition coefficient (Wildman–Crippen LogP) is 3.64. The summed E-state index contributed by atoms with van der Waals surface area (Å²) in [5, 5.41) is 0.811. The average Bonchev–Trinajstić information content (AvgIpc) is 3.07. The van der Waals surface area contributed by atoms with Crippen molar-refractivity contribution in [1.82, 2.24) is 9.88 Å². The second kappa shape index (κ2) is 8.60. The molecule has 3 aromatic rings. The SMILES string of the molecule is Cc1nc(-c2ccccc2)sc1C(=O)N(CCC(N)=O)Cc1ccccc1. The Bertz CT molecular complexity index is 923. The van der Waals surface area contributed by atoms with E-state index in [4.69, 9.17) is 5.73 Å². The molecule has 0 saturated carbocycles. The van der Waals surface area contributed by atoms with Gasteiger partial charge in [0.05, 0.1) is 5.69 Å². The van der Waals surface area contributed by atoms with Crippen LogP contribution in [0.4, 0.5) is 0 Å². The monoisotopic (exact) mass is 379 g/mol. The number of hydrogen-bond acceptors (Lipinski definition) is 4. The van der Waals surface area contributed by atoms with Crippen molar-refractivity contribution in [2.45, 2.75) is 19.9 Å². The lowest BCUT2D eigenvalue weighted by Gasteiger charge is -2.22. The van der Waals surface area contributed by atoms with Gasteiger partial charge in [0.2, 0.25) is 5.91 Å². The summed E-state index contributed by atoms with van der Waals surface area (Å²) in [5.74, 6) is -0.552.